The van der Waals surface area contributed by atoms with Crippen molar-refractivity contribution in [2.45, 2.75) is 52.7 Å². The third kappa shape index (κ3) is 7.25. The van der Waals surface area contributed by atoms with Crippen LogP contribution in [0.1, 0.15) is 41.5 Å². The van der Waals surface area contributed by atoms with Gasteiger partial charge in [0.15, 0.2) is 0 Å². The minimum Gasteiger partial charge on any atom is -0.488 e. The maximum atomic E-state index is 13.3. The number of thiophene rings is 1. The molecule has 0 saturated carbocycles. The van der Waals surface area contributed by atoms with E-state index in [-0.39, 0.29) is 0 Å². The van der Waals surface area contributed by atoms with Gasteiger partial charge in [0.2, 0.25) is 0 Å². The Balaban J connectivity index is 0.971. The number of aromatic nitrogens is 4. The van der Waals surface area contributed by atoms with Gasteiger partial charge >= 0.3 is 11.3 Å². The first kappa shape index (κ1) is 35.9. The fourth-order valence-corrected chi connectivity index (χ4v) is 7.68. The summed E-state index contributed by atoms with van der Waals surface area (Å²) in [5, 5.41) is 5.75. The van der Waals surface area contributed by atoms with Crippen molar-refractivity contribution in [1.82, 2.24) is 19.9 Å². The molecule has 57 heavy (non-hydrogen) atoms. The van der Waals surface area contributed by atoms with Crippen LogP contribution in [-0.4, -0.2) is 31.1 Å². The van der Waals surface area contributed by atoms with E-state index in [0.29, 0.717) is 66.8 Å². The highest BCUT2D eigenvalue weighted by Crippen LogP contribution is 2.39. The molecule has 0 unspecified atom stereocenters. The van der Waals surface area contributed by atoms with Gasteiger partial charge in [-0.25, -0.2) is 9.59 Å². The summed E-state index contributed by atoms with van der Waals surface area (Å²) >= 11 is 1.40. The van der Waals surface area contributed by atoms with Gasteiger partial charge in [-0.15, -0.1) is 11.3 Å². The molecule has 4 aromatic carbocycles. The molecule has 0 N–H and O–H groups in total. The van der Waals surface area contributed by atoms with Crippen LogP contribution in [0.15, 0.2) is 128 Å². The fraction of sp³-hybridized carbons (Fsp3) is 0.174. The molecule has 9 aromatic rings. The molecule has 11 heteroatoms. The molecule has 282 valence electrons. The molecule has 0 fully saturated rings. The molecule has 0 aliphatic heterocycles. The molecule has 10 nitrogen and oxygen atoms in total. The lowest BCUT2D eigenvalue weighted by Crippen LogP contribution is -2.24. The van der Waals surface area contributed by atoms with E-state index in [1.807, 2.05) is 84.0 Å². The summed E-state index contributed by atoms with van der Waals surface area (Å²) in [6.45, 7) is 11.7. The van der Waals surface area contributed by atoms with Crippen molar-refractivity contribution in [3.8, 4) is 55.2 Å². The van der Waals surface area contributed by atoms with E-state index >= 15 is 0 Å². The molecule has 5 aromatic heterocycles. The summed E-state index contributed by atoms with van der Waals surface area (Å²) in [4.78, 5) is 46.3. The number of nitrogens with zero attached hydrogens (tertiary/aromatic N) is 4. The first-order valence-corrected chi connectivity index (χ1v) is 19.2. The van der Waals surface area contributed by atoms with Crippen LogP contribution in [-0.2, 0) is 0 Å². The normalized spacial score (nSPS) is 12.2. The van der Waals surface area contributed by atoms with Crippen molar-refractivity contribution in [1.29, 1.82) is 0 Å². The summed E-state index contributed by atoms with van der Waals surface area (Å²) < 4.78 is 24.0. The van der Waals surface area contributed by atoms with Crippen molar-refractivity contribution in [2.75, 3.05) is 0 Å². The Hall–Kier alpha value is -6.72. The summed E-state index contributed by atoms with van der Waals surface area (Å²) in [6, 6.07) is 27.2. The molecule has 0 bridgehead atoms. The minimum atomic E-state index is -0.501. The highest BCUT2D eigenvalue weighted by atomic mass is 32.1. The van der Waals surface area contributed by atoms with Crippen LogP contribution < -0.4 is 20.7 Å². The van der Waals surface area contributed by atoms with E-state index in [0.717, 1.165) is 31.8 Å². The average Bonchev–Trinajstić information content (AvgIpc) is 3.65. The molecule has 0 spiro atoms. The molecule has 0 saturated heterocycles. The Kier molecular flexibility index (Phi) is 8.51. The van der Waals surface area contributed by atoms with Crippen molar-refractivity contribution < 1.29 is 18.3 Å². The van der Waals surface area contributed by atoms with Gasteiger partial charge in [0.05, 0.1) is 57.6 Å². The van der Waals surface area contributed by atoms with Crippen LogP contribution in [0, 0.1) is 0 Å². The Morgan fingerprint density at radius 2 is 1.07 bits per heavy atom. The zero-order valence-electron chi connectivity index (χ0n) is 32.0. The summed E-state index contributed by atoms with van der Waals surface area (Å²) in [6.07, 6.45) is 6.37. The zero-order chi connectivity index (χ0) is 39.6. The second kappa shape index (κ2) is 13.5. The van der Waals surface area contributed by atoms with Crippen molar-refractivity contribution >= 4 is 54.8 Å². The summed E-state index contributed by atoms with van der Waals surface area (Å²) in [5.41, 5.74) is 1.69. The lowest BCUT2D eigenvalue weighted by molar-refractivity contribution is 0.122. The smallest absolute Gasteiger partial charge is 0.345 e. The third-order valence-corrected chi connectivity index (χ3v) is 10.3. The SMILES string of the molecule is CC(C)(C)Oc1cc(OC(C)(C)C)c2cc(-c3ccc(-c4cnc(-c5cnc(-c6cc7cc8cc9ccccc9cc8cc7oc6=O)cn5)cn4)s3)c(=O)oc2c1. The maximum absolute atomic E-state index is 13.3. The van der Waals surface area contributed by atoms with Gasteiger partial charge in [-0.2, -0.15) is 0 Å². The number of ether oxygens (including phenoxy) is 2. The predicted molar refractivity (Wildman–Crippen MR) is 225 cm³/mol. The van der Waals surface area contributed by atoms with Crippen LogP contribution in [0.25, 0.3) is 87.1 Å². The highest BCUT2D eigenvalue weighted by Gasteiger charge is 2.22. The van der Waals surface area contributed by atoms with Crippen molar-refractivity contribution in [2.24, 2.45) is 0 Å². The van der Waals surface area contributed by atoms with E-state index in [1.165, 1.54) is 17.5 Å². The lowest BCUT2D eigenvalue weighted by atomic mass is 10.0. The van der Waals surface area contributed by atoms with Gasteiger partial charge in [-0.05, 0) is 112 Å². The molecule has 9 rings (SSSR count). The summed E-state index contributed by atoms with van der Waals surface area (Å²) in [5.74, 6) is 1.11. The van der Waals surface area contributed by atoms with Gasteiger partial charge in [-0.3, -0.25) is 19.9 Å². The monoisotopic (exact) mass is 772 g/mol. The van der Waals surface area contributed by atoms with Gasteiger partial charge < -0.3 is 18.3 Å². The molecule has 0 atom stereocenters. The summed E-state index contributed by atoms with van der Waals surface area (Å²) in [7, 11) is 0. The van der Waals surface area contributed by atoms with E-state index in [1.54, 1.807) is 36.8 Å². The van der Waals surface area contributed by atoms with Crippen molar-refractivity contribution in [3.05, 3.63) is 131 Å². The molecule has 0 aliphatic rings. The molecule has 0 aliphatic carbocycles. The second-order valence-electron chi connectivity index (χ2n) is 15.8. The molecular formula is C46H36N4O6S. The first-order chi connectivity index (χ1) is 27.2. The number of fused-ring (bicyclic) bond motifs is 4. The Morgan fingerprint density at radius 1 is 0.509 bits per heavy atom. The lowest BCUT2D eigenvalue weighted by Gasteiger charge is -2.25. The second-order valence-corrected chi connectivity index (χ2v) is 16.9. The van der Waals surface area contributed by atoms with Gasteiger partial charge in [0.1, 0.15) is 45.3 Å². The Bertz CT molecular complexity index is 3140. The third-order valence-electron chi connectivity index (χ3n) is 9.15. The number of hydrogen-bond acceptors (Lipinski definition) is 11. The van der Waals surface area contributed by atoms with E-state index in [4.69, 9.17) is 18.3 Å². The van der Waals surface area contributed by atoms with Crippen LogP contribution in [0.3, 0.4) is 0 Å². The molecule has 5 heterocycles. The minimum absolute atomic E-state index is 0.314. The quantitative estimate of drug-likeness (QED) is 0.119. The van der Waals surface area contributed by atoms with Gasteiger partial charge in [0, 0.05) is 22.4 Å². The van der Waals surface area contributed by atoms with E-state index in [9.17, 15) is 9.59 Å². The zero-order valence-corrected chi connectivity index (χ0v) is 32.9. The predicted octanol–water partition coefficient (Wildman–Crippen LogP) is 10.9. The van der Waals surface area contributed by atoms with Gasteiger partial charge in [-0.1, -0.05) is 24.3 Å². The largest absolute Gasteiger partial charge is 0.488 e. The van der Waals surface area contributed by atoms with E-state index in [2.05, 4.69) is 44.2 Å². The maximum Gasteiger partial charge on any atom is 0.345 e. The van der Waals surface area contributed by atoms with Gasteiger partial charge in [0.25, 0.3) is 0 Å². The van der Waals surface area contributed by atoms with Crippen LogP contribution in [0.2, 0.25) is 0 Å². The number of benzene rings is 4. The molecule has 0 radical (unpaired) electrons. The van der Waals surface area contributed by atoms with Crippen LogP contribution in [0.5, 0.6) is 11.5 Å². The van der Waals surface area contributed by atoms with Crippen molar-refractivity contribution in [3.63, 3.8) is 0 Å². The fourth-order valence-electron chi connectivity index (χ4n) is 6.71. The number of hydrogen-bond donors (Lipinski definition) is 0. The Morgan fingerprint density at radius 3 is 1.72 bits per heavy atom. The average molecular weight is 773 g/mol. The Labute approximate surface area is 330 Å². The standard InChI is InChI=1S/C46H36N4O6S/c1-45(2,3)55-30-18-39-32(40(19-30)56-46(4,5)6)20-33(44(52)54-39)41-11-12-42(57-41)37-24-49-36(23-50-37)35-22-47-34(21-48-35)31-16-29-15-27-13-25-9-7-8-10-26(25)14-28(27)17-38(29)53-43(31)51/h7-24H,1-6H3. The molecular weight excluding hydrogens is 737 g/mol. The van der Waals surface area contributed by atoms with Crippen LogP contribution >= 0.6 is 11.3 Å². The first-order valence-electron chi connectivity index (χ1n) is 18.4. The van der Waals surface area contributed by atoms with Crippen LogP contribution in [0.4, 0.5) is 0 Å². The topological polar surface area (TPSA) is 130 Å². The molecule has 0 amide bonds. The van der Waals surface area contributed by atoms with E-state index < -0.39 is 22.5 Å². The highest BCUT2D eigenvalue weighted by molar-refractivity contribution is 7.18. The number of rotatable bonds is 6.